The summed E-state index contributed by atoms with van der Waals surface area (Å²) in [6.07, 6.45) is 3.89. The van der Waals surface area contributed by atoms with Gasteiger partial charge in [-0.05, 0) is 35.0 Å². The maximum atomic E-state index is 12.7. The van der Waals surface area contributed by atoms with E-state index < -0.39 is 0 Å². The minimum Gasteiger partial charge on any atom is -0.484 e. The SMILES string of the molecule is O=C(CN1Cc2ccccc2O[C@H](c2ccsc2)C1)NCCc1nc(-c2ccncc2)n[nH]1. The minimum atomic E-state index is -0.103. The lowest BCUT2D eigenvalue weighted by atomic mass is 10.2. The zero-order valence-corrected chi connectivity index (χ0v) is 18.8. The van der Waals surface area contributed by atoms with Crippen LogP contribution in [0.25, 0.3) is 11.4 Å². The highest BCUT2D eigenvalue weighted by atomic mass is 32.1. The van der Waals surface area contributed by atoms with Crippen LogP contribution in [0.3, 0.4) is 0 Å². The molecule has 1 aromatic carbocycles. The van der Waals surface area contributed by atoms with E-state index in [-0.39, 0.29) is 12.0 Å². The smallest absolute Gasteiger partial charge is 0.234 e. The number of carbonyl (C=O) groups excluding carboxylic acids is 1. The lowest BCUT2D eigenvalue weighted by Crippen LogP contribution is -2.39. The Kier molecular flexibility index (Phi) is 6.41. The van der Waals surface area contributed by atoms with Gasteiger partial charge in [-0.25, -0.2) is 4.98 Å². The summed E-state index contributed by atoms with van der Waals surface area (Å²) in [4.78, 5) is 23.3. The van der Waals surface area contributed by atoms with Crippen molar-refractivity contribution < 1.29 is 9.53 Å². The molecule has 33 heavy (non-hydrogen) atoms. The number of nitrogens with zero attached hydrogens (tertiary/aromatic N) is 4. The third-order valence-corrected chi connectivity index (χ3v) is 6.20. The molecule has 0 saturated carbocycles. The lowest BCUT2D eigenvalue weighted by molar-refractivity contribution is -0.122. The summed E-state index contributed by atoms with van der Waals surface area (Å²) in [5.41, 5.74) is 3.13. The third-order valence-electron chi connectivity index (χ3n) is 5.50. The summed E-state index contributed by atoms with van der Waals surface area (Å²) in [6, 6.07) is 13.8. The highest BCUT2D eigenvalue weighted by Crippen LogP contribution is 2.31. The fourth-order valence-electron chi connectivity index (χ4n) is 3.85. The van der Waals surface area contributed by atoms with Crippen molar-refractivity contribution in [2.45, 2.75) is 19.1 Å². The molecule has 3 aromatic heterocycles. The minimum absolute atomic E-state index is 0.0210. The molecule has 1 aliphatic rings. The summed E-state index contributed by atoms with van der Waals surface area (Å²) in [6.45, 7) is 2.10. The van der Waals surface area contributed by atoms with Gasteiger partial charge in [-0.3, -0.25) is 19.8 Å². The van der Waals surface area contributed by atoms with Crippen LogP contribution in [0.2, 0.25) is 0 Å². The zero-order valence-electron chi connectivity index (χ0n) is 18.0. The first-order chi connectivity index (χ1) is 16.2. The zero-order chi connectivity index (χ0) is 22.5. The van der Waals surface area contributed by atoms with Crippen LogP contribution in [0.1, 0.15) is 23.1 Å². The number of rotatable bonds is 7. The summed E-state index contributed by atoms with van der Waals surface area (Å²) < 4.78 is 6.30. The Bertz CT molecular complexity index is 1190. The van der Waals surface area contributed by atoms with Crippen molar-refractivity contribution in [3.63, 3.8) is 0 Å². The van der Waals surface area contributed by atoms with Crippen molar-refractivity contribution in [1.82, 2.24) is 30.4 Å². The van der Waals surface area contributed by atoms with E-state index in [1.54, 1.807) is 23.7 Å². The fourth-order valence-corrected chi connectivity index (χ4v) is 4.55. The van der Waals surface area contributed by atoms with E-state index in [2.05, 4.69) is 53.3 Å². The molecule has 168 valence electrons. The highest BCUT2D eigenvalue weighted by Gasteiger charge is 2.25. The predicted octanol–water partition coefficient (Wildman–Crippen LogP) is 3.22. The normalized spacial score (nSPS) is 15.9. The number of nitrogens with one attached hydrogen (secondary N) is 2. The summed E-state index contributed by atoms with van der Waals surface area (Å²) in [5, 5.41) is 14.3. The molecular weight excluding hydrogens is 436 g/mol. The lowest BCUT2D eigenvalue weighted by Gasteiger charge is -2.23. The molecule has 0 bridgehead atoms. The summed E-state index contributed by atoms with van der Waals surface area (Å²) >= 11 is 1.65. The van der Waals surface area contributed by atoms with Gasteiger partial charge >= 0.3 is 0 Å². The van der Waals surface area contributed by atoms with Crippen molar-refractivity contribution in [2.75, 3.05) is 19.6 Å². The monoisotopic (exact) mass is 460 g/mol. The van der Waals surface area contributed by atoms with Gasteiger partial charge in [-0.15, -0.1) is 0 Å². The standard InChI is InChI=1S/C24H24N6O2S/c31-23(26-11-7-22-27-24(29-28-22)17-5-9-25-10-6-17)15-30-13-18-3-1-2-4-20(18)32-21(14-30)19-8-12-33-16-19/h1-6,8-10,12,16,21H,7,11,13-15H2,(H,26,31)(H,27,28,29)/t21-/m0/s1. The number of hydrogen-bond acceptors (Lipinski definition) is 7. The molecule has 2 N–H and O–H groups in total. The molecule has 0 radical (unpaired) electrons. The second kappa shape index (κ2) is 9.93. The molecule has 5 rings (SSSR count). The van der Waals surface area contributed by atoms with Gasteiger partial charge < -0.3 is 10.1 Å². The van der Waals surface area contributed by atoms with Crippen LogP contribution in [-0.2, 0) is 17.8 Å². The van der Waals surface area contributed by atoms with Crippen LogP contribution in [-0.4, -0.2) is 50.6 Å². The quantitative estimate of drug-likeness (QED) is 0.440. The Morgan fingerprint density at radius 1 is 1.21 bits per heavy atom. The third kappa shape index (κ3) is 5.27. The molecular formula is C24H24N6O2S. The number of ether oxygens (including phenoxy) is 1. The molecule has 9 heteroatoms. The van der Waals surface area contributed by atoms with Gasteiger partial charge in [0.15, 0.2) is 5.82 Å². The number of benzene rings is 1. The van der Waals surface area contributed by atoms with Crippen molar-refractivity contribution in [3.8, 4) is 17.1 Å². The largest absolute Gasteiger partial charge is 0.484 e. The highest BCUT2D eigenvalue weighted by molar-refractivity contribution is 7.07. The summed E-state index contributed by atoms with van der Waals surface area (Å²) in [7, 11) is 0. The Morgan fingerprint density at radius 3 is 2.94 bits per heavy atom. The number of para-hydroxylation sites is 1. The van der Waals surface area contributed by atoms with E-state index in [4.69, 9.17) is 4.74 Å². The number of hydrogen-bond donors (Lipinski definition) is 2. The Balaban J connectivity index is 1.17. The Labute approximate surface area is 195 Å². The van der Waals surface area contributed by atoms with Gasteiger partial charge in [0.2, 0.25) is 5.91 Å². The summed E-state index contributed by atoms with van der Waals surface area (Å²) in [5.74, 6) is 2.22. The van der Waals surface area contributed by atoms with Crippen LogP contribution in [0.5, 0.6) is 5.75 Å². The van der Waals surface area contributed by atoms with Crippen LogP contribution in [0.15, 0.2) is 65.6 Å². The van der Waals surface area contributed by atoms with Gasteiger partial charge in [-0.1, -0.05) is 18.2 Å². The number of aromatic nitrogens is 4. The first-order valence-corrected chi connectivity index (χ1v) is 11.8. The average Bonchev–Trinajstić information content (AvgIpc) is 3.50. The van der Waals surface area contributed by atoms with E-state index in [1.807, 2.05) is 30.3 Å². The van der Waals surface area contributed by atoms with E-state index in [9.17, 15) is 4.79 Å². The molecule has 8 nitrogen and oxygen atoms in total. The van der Waals surface area contributed by atoms with Crippen LogP contribution >= 0.6 is 11.3 Å². The van der Waals surface area contributed by atoms with E-state index in [0.717, 1.165) is 28.3 Å². The molecule has 1 amide bonds. The van der Waals surface area contributed by atoms with Gasteiger partial charge in [0.25, 0.3) is 0 Å². The molecule has 0 aliphatic carbocycles. The van der Waals surface area contributed by atoms with Gasteiger partial charge in [0, 0.05) is 55.1 Å². The number of aromatic amines is 1. The second-order valence-electron chi connectivity index (χ2n) is 7.88. The number of carbonyl (C=O) groups is 1. The van der Waals surface area contributed by atoms with Crippen LogP contribution in [0.4, 0.5) is 0 Å². The number of amides is 1. The predicted molar refractivity (Wildman–Crippen MR) is 126 cm³/mol. The van der Waals surface area contributed by atoms with Crippen LogP contribution in [0, 0.1) is 0 Å². The van der Waals surface area contributed by atoms with E-state index >= 15 is 0 Å². The topological polar surface area (TPSA) is 96.0 Å². The molecule has 0 spiro atoms. The molecule has 0 fully saturated rings. The maximum Gasteiger partial charge on any atom is 0.234 e. The fraction of sp³-hybridized carbons (Fsp3) is 0.250. The molecule has 4 heterocycles. The Hall–Kier alpha value is -3.56. The maximum absolute atomic E-state index is 12.7. The molecule has 1 atom stereocenters. The first kappa shape index (κ1) is 21.3. The number of thiophene rings is 1. The molecule has 0 saturated heterocycles. The molecule has 4 aromatic rings. The van der Waals surface area contributed by atoms with Crippen molar-refractivity contribution in [1.29, 1.82) is 0 Å². The number of H-pyrrole nitrogens is 1. The Morgan fingerprint density at radius 2 is 2.09 bits per heavy atom. The van der Waals surface area contributed by atoms with E-state index in [0.29, 0.717) is 38.4 Å². The number of pyridine rings is 1. The van der Waals surface area contributed by atoms with E-state index in [1.165, 1.54) is 0 Å². The molecule has 1 aliphatic heterocycles. The van der Waals surface area contributed by atoms with Crippen molar-refractivity contribution >= 4 is 17.2 Å². The number of fused-ring (bicyclic) bond motifs is 1. The second-order valence-corrected chi connectivity index (χ2v) is 8.66. The van der Waals surface area contributed by atoms with Crippen LogP contribution < -0.4 is 10.1 Å². The molecule has 0 unspecified atom stereocenters. The first-order valence-electron chi connectivity index (χ1n) is 10.8. The van der Waals surface area contributed by atoms with Gasteiger partial charge in [0.05, 0.1) is 6.54 Å². The van der Waals surface area contributed by atoms with Gasteiger partial charge in [-0.2, -0.15) is 16.4 Å². The van der Waals surface area contributed by atoms with Crippen molar-refractivity contribution in [3.05, 3.63) is 82.6 Å². The van der Waals surface area contributed by atoms with Crippen molar-refractivity contribution in [2.24, 2.45) is 0 Å². The van der Waals surface area contributed by atoms with Gasteiger partial charge in [0.1, 0.15) is 17.7 Å². The average molecular weight is 461 g/mol.